The minimum atomic E-state index is -0.735. The molecule has 0 saturated heterocycles. The molecule has 2 aromatic heterocycles. The summed E-state index contributed by atoms with van der Waals surface area (Å²) in [6.07, 6.45) is 5.29. The van der Waals surface area contributed by atoms with Crippen molar-refractivity contribution >= 4 is 29.2 Å². The zero-order chi connectivity index (χ0) is 24.9. The summed E-state index contributed by atoms with van der Waals surface area (Å²) in [5.74, 6) is -0.322. The topological polar surface area (TPSA) is 104 Å². The first-order valence-corrected chi connectivity index (χ1v) is 11.5. The van der Waals surface area contributed by atoms with E-state index >= 15 is 0 Å². The number of benzene rings is 2. The number of carbonyl (C=O) groups excluding carboxylic acids is 3. The fraction of sp³-hybridized carbons (Fsp3) is 0.107. The quantitative estimate of drug-likeness (QED) is 0.438. The SMILES string of the molecule is O=C(Nc1ccccn1)c1ccc(CN2C(=O)c3ccccc3NC(=O)C2Cc2cccnc2)cc1. The molecule has 0 spiro atoms. The number of anilines is 2. The van der Waals surface area contributed by atoms with Gasteiger partial charge in [-0.15, -0.1) is 0 Å². The summed E-state index contributed by atoms with van der Waals surface area (Å²) in [7, 11) is 0. The van der Waals surface area contributed by atoms with Gasteiger partial charge in [0, 0.05) is 37.1 Å². The molecule has 0 radical (unpaired) electrons. The standard InChI is InChI=1S/C28H23N5O3/c34-26(32-25-9-3-4-15-30-25)21-12-10-19(11-13-21)18-33-24(16-20-6-5-14-29-17-20)27(35)31-23-8-2-1-7-22(23)28(33)36/h1-15,17,24H,16,18H2,(H,31,35)(H,30,32,34). The van der Waals surface area contributed by atoms with Crippen LogP contribution in [-0.4, -0.2) is 38.6 Å². The lowest BCUT2D eigenvalue weighted by Crippen LogP contribution is -2.46. The monoisotopic (exact) mass is 477 g/mol. The van der Waals surface area contributed by atoms with Crippen molar-refractivity contribution in [1.29, 1.82) is 0 Å². The van der Waals surface area contributed by atoms with E-state index in [1.807, 2.05) is 6.07 Å². The first-order chi connectivity index (χ1) is 17.6. The average molecular weight is 478 g/mol. The largest absolute Gasteiger partial charge is 0.324 e. The van der Waals surface area contributed by atoms with Crippen molar-refractivity contribution in [2.24, 2.45) is 0 Å². The fourth-order valence-corrected chi connectivity index (χ4v) is 4.14. The van der Waals surface area contributed by atoms with Gasteiger partial charge < -0.3 is 15.5 Å². The van der Waals surface area contributed by atoms with Crippen LogP contribution in [0.4, 0.5) is 11.5 Å². The predicted molar refractivity (Wildman–Crippen MR) is 135 cm³/mol. The predicted octanol–water partition coefficient (Wildman–Crippen LogP) is 3.93. The molecular formula is C28H23N5O3. The van der Waals surface area contributed by atoms with E-state index < -0.39 is 6.04 Å². The lowest BCUT2D eigenvalue weighted by molar-refractivity contribution is -0.120. The third kappa shape index (κ3) is 4.97. The minimum absolute atomic E-state index is 0.202. The van der Waals surface area contributed by atoms with Gasteiger partial charge in [0.05, 0.1) is 11.3 Å². The van der Waals surface area contributed by atoms with Crippen LogP contribution in [0.25, 0.3) is 0 Å². The number of hydrogen-bond donors (Lipinski definition) is 2. The number of para-hydroxylation sites is 1. The Morgan fingerprint density at radius 3 is 2.44 bits per heavy atom. The van der Waals surface area contributed by atoms with Crippen LogP contribution < -0.4 is 10.6 Å². The summed E-state index contributed by atoms with van der Waals surface area (Å²) in [6, 6.07) is 22.2. The Morgan fingerprint density at radius 2 is 1.69 bits per heavy atom. The first-order valence-electron chi connectivity index (χ1n) is 11.5. The number of hydrogen-bond acceptors (Lipinski definition) is 5. The van der Waals surface area contributed by atoms with Crippen molar-refractivity contribution in [1.82, 2.24) is 14.9 Å². The van der Waals surface area contributed by atoms with Gasteiger partial charge in [-0.25, -0.2) is 4.98 Å². The van der Waals surface area contributed by atoms with E-state index in [1.165, 1.54) is 0 Å². The molecule has 178 valence electrons. The van der Waals surface area contributed by atoms with Gasteiger partial charge in [-0.2, -0.15) is 0 Å². The Hall–Kier alpha value is -4.85. The number of aromatic nitrogens is 2. The van der Waals surface area contributed by atoms with Crippen LogP contribution in [-0.2, 0) is 17.8 Å². The lowest BCUT2D eigenvalue weighted by Gasteiger charge is -2.29. The molecule has 0 saturated carbocycles. The van der Waals surface area contributed by atoms with E-state index in [9.17, 15) is 14.4 Å². The highest BCUT2D eigenvalue weighted by Crippen LogP contribution is 2.26. The molecule has 0 aliphatic carbocycles. The van der Waals surface area contributed by atoms with Gasteiger partial charge in [-0.1, -0.05) is 36.4 Å². The Bertz CT molecular complexity index is 1390. The Kier molecular flexibility index (Phi) is 6.48. The molecule has 8 heteroatoms. The van der Waals surface area contributed by atoms with Crippen molar-refractivity contribution < 1.29 is 14.4 Å². The molecule has 5 rings (SSSR count). The summed E-state index contributed by atoms with van der Waals surface area (Å²) in [4.78, 5) is 49.3. The van der Waals surface area contributed by atoms with E-state index in [1.54, 1.807) is 96.3 Å². The number of pyridine rings is 2. The zero-order valence-electron chi connectivity index (χ0n) is 19.3. The van der Waals surface area contributed by atoms with Crippen molar-refractivity contribution in [3.63, 3.8) is 0 Å². The molecule has 1 atom stereocenters. The van der Waals surface area contributed by atoms with Crippen LogP contribution in [0.5, 0.6) is 0 Å². The van der Waals surface area contributed by atoms with Crippen LogP contribution in [0.1, 0.15) is 31.8 Å². The summed E-state index contributed by atoms with van der Waals surface area (Å²) in [6.45, 7) is 0.202. The van der Waals surface area contributed by atoms with Crippen LogP contribution in [0, 0.1) is 0 Å². The van der Waals surface area contributed by atoms with Gasteiger partial charge in [0.1, 0.15) is 11.9 Å². The fourth-order valence-electron chi connectivity index (χ4n) is 4.14. The molecule has 3 heterocycles. The summed E-state index contributed by atoms with van der Waals surface area (Å²) < 4.78 is 0. The molecule has 1 aliphatic rings. The van der Waals surface area contributed by atoms with E-state index in [2.05, 4.69) is 20.6 Å². The molecule has 8 nitrogen and oxygen atoms in total. The second-order valence-electron chi connectivity index (χ2n) is 8.42. The van der Waals surface area contributed by atoms with Crippen molar-refractivity contribution in [3.05, 3.63) is 120 Å². The van der Waals surface area contributed by atoms with Gasteiger partial charge in [-0.05, 0) is 53.6 Å². The third-order valence-corrected chi connectivity index (χ3v) is 5.98. The molecule has 4 aromatic rings. The van der Waals surface area contributed by atoms with Gasteiger partial charge in [0.2, 0.25) is 5.91 Å². The second kappa shape index (κ2) is 10.2. The number of nitrogens with one attached hydrogen (secondary N) is 2. The maximum Gasteiger partial charge on any atom is 0.256 e. The molecule has 2 N–H and O–H groups in total. The van der Waals surface area contributed by atoms with Gasteiger partial charge in [0.25, 0.3) is 11.8 Å². The molecule has 36 heavy (non-hydrogen) atoms. The molecule has 0 fully saturated rings. The minimum Gasteiger partial charge on any atom is -0.324 e. The normalized spacial score (nSPS) is 15.0. The number of carbonyl (C=O) groups is 3. The van der Waals surface area contributed by atoms with Crippen LogP contribution >= 0.6 is 0 Å². The molecular weight excluding hydrogens is 454 g/mol. The zero-order valence-corrected chi connectivity index (χ0v) is 19.3. The van der Waals surface area contributed by atoms with Crippen molar-refractivity contribution in [2.75, 3.05) is 10.6 Å². The van der Waals surface area contributed by atoms with E-state index in [-0.39, 0.29) is 24.3 Å². The molecule has 1 unspecified atom stereocenters. The highest BCUT2D eigenvalue weighted by atomic mass is 16.2. The highest BCUT2D eigenvalue weighted by Gasteiger charge is 2.35. The lowest BCUT2D eigenvalue weighted by atomic mass is 10.0. The van der Waals surface area contributed by atoms with Gasteiger partial charge in [0.15, 0.2) is 0 Å². The maximum absolute atomic E-state index is 13.6. The molecule has 1 aliphatic heterocycles. The van der Waals surface area contributed by atoms with Crippen molar-refractivity contribution in [2.45, 2.75) is 19.0 Å². The smallest absolute Gasteiger partial charge is 0.256 e. The molecule has 2 aromatic carbocycles. The average Bonchev–Trinajstić information content (AvgIpc) is 3.00. The second-order valence-corrected chi connectivity index (χ2v) is 8.42. The Balaban J connectivity index is 1.40. The summed E-state index contributed by atoms with van der Waals surface area (Å²) >= 11 is 0. The number of rotatable bonds is 6. The van der Waals surface area contributed by atoms with Gasteiger partial charge in [-0.3, -0.25) is 19.4 Å². The van der Waals surface area contributed by atoms with Crippen LogP contribution in [0.15, 0.2) is 97.5 Å². The van der Waals surface area contributed by atoms with Gasteiger partial charge >= 0.3 is 0 Å². The number of amides is 3. The maximum atomic E-state index is 13.6. The first kappa shape index (κ1) is 22.9. The Labute approximate surface area is 208 Å². The molecule has 3 amide bonds. The third-order valence-electron chi connectivity index (χ3n) is 5.98. The summed E-state index contributed by atoms with van der Waals surface area (Å²) in [5, 5.41) is 5.66. The van der Waals surface area contributed by atoms with Crippen LogP contribution in [0.3, 0.4) is 0 Å². The van der Waals surface area contributed by atoms with E-state index in [4.69, 9.17) is 0 Å². The number of nitrogens with zero attached hydrogens (tertiary/aromatic N) is 3. The van der Waals surface area contributed by atoms with Crippen molar-refractivity contribution in [3.8, 4) is 0 Å². The summed E-state index contributed by atoms with van der Waals surface area (Å²) in [5.41, 5.74) is 3.03. The Morgan fingerprint density at radius 1 is 0.889 bits per heavy atom. The highest BCUT2D eigenvalue weighted by molar-refractivity contribution is 6.10. The van der Waals surface area contributed by atoms with E-state index in [0.29, 0.717) is 29.1 Å². The van der Waals surface area contributed by atoms with E-state index in [0.717, 1.165) is 11.1 Å². The number of fused-ring (bicyclic) bond motifs is 1. The van der Waals surface area contributed by atoms with Crippen LogP contribution in [0.2, 0.25) is 0 Å². The molecule has 0 bridgehead atoms.